The van der Waals surface area contributed by atoms with E-state index < -0.39 is 5.91 Å². The Balaban J connectivity index is 1.69. The zero-order valence-corrected chi connectivity index (χ0v) is 14.0. The quantitative estimate of drug-likeness (QED) is 0.893. The van der Waals surface area contributed by atoms with Crippen LogP contribution in [0.2, 0.25) is 0 Å². The molecule has 7 heteroatoms. The number of hydrogen-bond acceptors (Lipinski definition) is 4. The van der Waals surface area contributed by atoms with Gasteiger partial charge in [-0.2, -0.15) is 0 Å². The van der Waals surface area contributed by atoms with Gasteiger partial charge in [0.1, 0.15) is 0 Å². The van der Waals surface area contributed by atoms with Gasteiger partial charge in [0.2, 0.25) is 12.7 Å². The molecule has 0 radical (unpaired) electrons. The molecule has 1 aliphatic rings. The Hall–Kier alpha value is -3.22. The molecule has 2 aromatic carbocycles. The molecule has 3 N–H and O–H groups in total. The van der Waals surface area contributed by atoms with Gasteiger partial charge in [-0.05, 0) is 42.3 Å². The maximum atomic E-state index is 12.4. The van der Waals surface area contributed by atoms with Gasteiger partial charge in [-0.15, -0.1) is 0 Å². The highest BCUT2D eigenvalue weighted by Crippen LogP contribution is 2.32. The normalized spacial score (nSPS) is 11.9. The Labute approximate surface area is 145 Å². The predicted octanol–water partition coefficient (Wildman–Crippen LogP) is 2.49. The summed E-state index contributed by atoms with van der Waals surface area (Å²) < 4.78 is 10.6. The third-order valence-corrected chi connectivity index (χ3v) is 3.97. The topological polar surface area (TPSA) is 93.9 Å². The molecule has 0 spiro atoms. The molecule has 2 aromatic rings. The number of anilines is 1. The monoisotopic (exact) mass is 341 g/mol. The number of primary amides is 1. The summed E-state index contributed by atoms with van der Waals surface area (Å²) >= 11 is 0. The van der Waals surface area contributed by atoms with Crippen LogP contribution in [0.15, 0.2) is 36.4 Å². The van der Waals surface area contributed by atoms with Crippen molar-refractivity contribution in [1.82, 2.24) is 4.90 Å². The third kappa shape index (κ3) is 3.65. The van der Waals surface area contributed by atoms with Crippen molar-refractivity contribution < 1.29 is 19.1 Å². The van der Waals surface area contributed by atoms with Gasteiger partial charge in [-0.3, -0.25) is 4.79 Å². The summed E-state index contributed by atoms with van der Waals surface area (Å²) in [4.78, 5) is 25.3. The molecule has 130 valence electrons. The summed E-state index contributed by atoms with van der Waals surface area (Å²) in [5.74, 6) is 0.843. The van der Waals surface area contributed by atoms with Gasteiger partial charge in [0.05, 0.1) is 0 Å². The number of ether oxygens (including phenoxy) is 2. The molecule has 3 rings (SSSR count). The maximum Gasteiger partial charge on any atom is 0.321 e. The number of hydrogen-bond donors (Lipinski definition) is 2. The van der Waals surface area contributed by atoms with Gasteiger partial charge < -0.3 is 25.4 Å². The highest BCUT2D eigenvalue weighted by molar-refractivity contribution is 5.96. The number of urea groups is 1. The summed E-state index contributed by atoms with van der Waals surface area (Å²) in [6.07, 6.45) is 0. The summed E-state index contributed by atoms with van der Waals surface area (Å²) in [5, 5.41) is 2.80. The number of nitrogens with one attached hydrogen (secondary N) is 1. The van der Waals surface area contributed by atoms with Gasteiger partial charge >= 0.3 is 6.03 Å². The van der Waals surface area contributed by atoms with Crippen LogP contribution in [0.4, 0.5) is 10.5 Å². The zero-order valence-electron chi connectivity index (χ0n) is 14.0. The van der Waals surface area contributed by atoms with E-state index in [2.05, 4.69) is 5.32 Å². The van der Waals surface area contributed by atoms with Crippen LogP contribution >= 0.6 is 0 Å². The first-order chi connectivity index (χ1) is 11.9. The summed E-state index contributed by atoms with van der Waals surface area (Å²) in [6, 6.07) is 10.2. The van der Waals surface area contributed by atoms with Crippen molar-refractivity contribution in [1.29, 1.82) is 0 Å². The second-order valence-corrected chi connectivity index (χ2v) is 5.87. The van der Waals surface area contributed by atoms with Crippen LogP contribution < -0.4 is 20.5 Å². The van der Waals surface area contributed by atoms with Gasteiger partial charge in [-0.25, -0.2) is 4.79 Å². The van der Waals surface area contributed by atoms with E-state index in [1.165, 1.54) is 4.90 Å². The minimum atomic E-state index is -0.538. The Morgan fingerprint density at radius 1 is 1.16 bits per heavy atom. The number of benzene rings is 2. The molecule has 0 saturated heterocycles. The molecule has 0 bridgehead atoms. The fraction of sp³-hybridized carbons (Fsp3) is 0.222. The molecule has 0 unspecified atom stereocenters. The maximum absolute atomic E-state index is 12.4. The molecule has 0 atom stereocenters. The third-order valence-electron chi connectivity index (χ3n) is 3.97. The van der Waals surface area contributed by atoms with Crippen LogP contribution in [0.25, 0.3) is 0 Å². The van der Waals surface area contributed by atoms with E-state index in [-0.39, 0.29) is 12.8 Å². The molecule has 0 aliphatic carbocycles. The average molecular weight is 341 g/mol. The molecule has 0 saturated carbocycles. The van der Waals surface area contributed by atoms with Crippen LogP contribution in [-0.2, 0) is 6.54 Å². The molecular formula is C18H19N3O4. The van der Waals surface area contributed by atoms with E-state index >= 15 is 0 Å². The SMILES string of the molecule is Cc1ccc(C(N)=O)cc1NC(=O)N(C)Cc1ccc2c(c1)OCO2. The standard InChI is InChI=1S/C18H19N3O4/c1-11-3-5-13(17(19)22)8-14(11)20-18(23)21(2)9-12-4-6-15-16(7-12)25-10-24-15/h3-8H,9-10H2,1-2H3,(H2,19,22)(H,20,23). The number of nitrogens with zero attached hydrogens (tertiary/aromatic N) is 1. The van der Waals surface area contributed by atoms with E-state index in [1.54, 1.807) is 25.2 Å². The van der Waals surface area contributed by atoms with Crippen LogP contribution in [0.5, 0.6) is 11.5 Å². The van der Waals surface area contributed by atoms with Crippen LogP contribution in [0.3, 0.4) is 0 Å². The number of amides is 3. The van der Waals surface area contributed by atoms with Crippen LogP contribution in [-0.4, -0.2) is 30.7 Å². The van der Waals surface area contributed by atoms with Crippen molar-refractivity contribution in [2.24, 2.45) is 5.73 Å². The highest BCUT2D eigenvalue weighted by atomic mass is 16.7. The first-order valence-corrected chi connectivity index (χ1v) is 7.75. The van der Waals surface area contributed by atoms with E-state index in [0.717, 1.165) is 11.1 Å². The second-order valence-electron chi connectivity index (χ2n) is 5.87. The number of rotatable bonds is 4. The fourth-order valence-corrected chi connectivity index (χ4v) is 2.51. The Morgan fingerprint density at radius 3 is 2.68 bits per heavy atom. The summed E-state index contributed by atoms with van der Waals surface area (Å²) in [7, 11) is 1.69. The molecule has 3 amide bonds. The van der Waals surface area contributed by atoms with E-state index in [9.17, 15) is 9.59 Å². The summed E-state index contributed by atoms with van der Waals surface area (Å²) in [5.41, 5.74) is 7.95. The highest BCUT2D eigenvalue weighted by Gasteiger charge is 2.16. The van der Waals surface area contributed by atoms with Crippen molar-refractivity contribution in [2.45, 2.75) is 13.5 Å². The smallest absolute Gasteiger partial charge is 0.321 e. The van der Waals surface area contributed by atoms with Crippen molar-refractivity contribution in [3.8, 4) is 11.5 Å². The molecule has 0 fully saturated rings. The van der Waals surface area contributed by atoms with Gasteiger partial charge in [0.15, 0.2) is 11.5 Å². The minimum absolute atomic E-state index is 0.213. The van der Waals surface area contributed by atoms with Gasteiger partial charge in [-0.1, -0.05) is 12.1 Å². The lowest BCUT2D eigenvalue weighted by Crippen LogP contribution is -2.31. The molecule has 0 aromatic heterocycles. The molecule has 25 heavy (non-hydrogen) atoms. The largest absolute Gasteiger partial charge is 0.454 e. The molecule has 7 nitrogen and oxygen atoms in total. The Bertz CT molecular complexity index is 835. The van der Waals surface area contributed by atoms with E-state index in [0.29, 0.717) is 29.3 Å². The second kappa shape index (κ2) is 6.72. The number of nitrogens with two attached hydrogens (primary N) is 1. The predicted molar refractivity (Wildman–Crippen MR) is 92.7 cm³/mol. The first kappa shape index (κ1) is 16.6. The Morgan fingerprint density at radius 2 is 1.92 bits per heavy atom. The van der Waals surface area contributed by atoms with E-state index in [1.807, 2.05) is 25.1 Å². The number of aryl methyl sites for hydroxylation is 1. The lowest BCUT2D eigenvalue weighted by atomic mass is 10.1. The average Bonchev–Trinajstić information content (AvgIpc) is 3.04. The Kier molecular flexibility index (Phi) is 4.47. The fourth-order valence-electron chi connectivity index (χ4n) is 2.51. The summed E-state index contributed by atoms with van der Waals surface area (Å²) in [6.45, 7) is 2.46. The van der Waals surface area contributed by atoms with Crippen molar-refractivity contribution in [2.75, 3.05) is 19.2 Å². The van der Waals surface area contributed by atoms with Gasteiger partial charge in [0.25, 0.3) is 0 Å². The lowest BCUT2D eigenvalue weighted by molar-refractivity contribution is 0.1000. The number of carbonyl (C=O) groups excluding carboxylic acids is 2. The molecular weight excluding hydrogens is 322 g/mol. The first-order valence-electron chi connectivity index (χ1n) is 7.75. The van der Waals surface area contributed by atoms with Crippen molar-refractivity contribution >= 4 is 17.6 Å². The lowest BCUT2D eigenvalue weighted by Gasteiger charge is -2.19. The van der Waals surface area contributed by atoms with Crippen LogP contribution in [0, 0.1) is 6.92 Å². The molecule has 1 heterocycles. The van der Waals surface area contributed by atoms with E-state index in [4.69, 9.17) is 15.2 Å². The minimum Gasteiger partial charge on any atom is -0.454 e. The number of carbonyl (C=O) groups is 2. The zero-order chi connectivity index (χ0) is 18.0. The van der Waals surface area contributed by atoms with Crippen LogP contribution in [0.1, 0.15) is 21.5 Å². The van der Waals surface area contributed by atoms with Crippen molar-refractivity contribution in [3.63, 3.8) is 0 Å². The van der Waals surface area contributed by atoms with Crippen molar-refractivity contribution in [3.05, 3.63) is 53.1 Å². The molecule has 1 aliphatic heterocycles. The van der Waals surface area contributed by atoms with Gasteiger partial charge in [0, 0.05) is 24.8 Å². The number of fused-ring (bicyclic) bond motifs is 1.